The average molecular weight is 272 g/mol. The van der Waals surface area contributed by atoms with Crippen LogP contribution in [0.2, 0.25) is 0 Å². The molecule has 3 N–H and O–H groups in total. The van der Waals surface area contributed by atoms with E-state index in [1.807, 2.05) is 6.07 Å². The highest BCUT2D eigenvalue weighted by atomic mass is 16.3. The summed E-state index contributed by atoms with van der Waals surface area (Å²) in [6.07, 6.45) is 2.50. The molecular weight excluding hydrogens is 256 g/mol. The maximum absolute atomic E-state index is 12.2. The number of nitrogen functional groups attached to an aromatic ring is 1. The smallest absolute Gasteiger partial charge is 0.244 e. The van der Waals surface area contributed by atoms with Crippen LogP contribution in [0, 0.1) is 0 Å². The van der Waals surface area contributed by atoms with Gasteiger partial charge in [0.25, 0.3) is 0 Å². The van der Waals surface area contributed by atoms with E-state index >= 15 is 0 Å². The number of nitrogens with two attached hydrogens (primary N) is 1. The highest BCUT2D eigenvalue weighted by molar-refractivity contribution is 5.76. The number of aromatic nitrogens is 2. The van der Waals surface area contributed by atoms with Crippen LogP contribution in [-0.4, -0.2) is 32.2 Å². The Balaban J connectivity index is 1.71. The lowest BCUT2D eigenvalue weighted by molar-refractivity contribution is -0.132. The third-order valence-electron chi connectivity index (χ3n) is 3.51. The van der Waals surface area contributed by atoms with Crippen LogP contribution in [0.3, 0.4) is 0 Å². The Morgan fingerprint density at radius 1 is 1.35 bits per heavy atom. The molecule has 6 heteroatoms. The summed E-state index contributed by atoms with van der Waals surface area (Å²) in [6, 6.07) is 6.99. The van der Waals surface area contributed by atoms with E-state index in [-0.39, 0.29) is 18.2 Å². The predicted molar refractivity (Wildman–Crippen MR) is 73.9 cm³/mol. The maximum atomic E-state index is 12.2. The lowest BCUT2D eigenvalue weighted by atomic mass is 9.99. The number of benzene rings is 1. The lowest BCUT2D eigenvalue weighted by Crippen LogP contribution is -2.38. The van der Waals surface area contributed by atoms with Crippen molar-refractivity contribution in [1.29, 1.82) is 0 Å². The number of phenols is 1. The van der Waals surface area contributed by atoms with E-state index < -0.39 is 0 Å². The van der Waals surface area contributed by atoms with Crippen LogP contribution in [0.4, 0.5) is 5.82 Å². The number of hydrogen-bond acceptors (Lipinski definition) is 4. The van der Waals surface area contributed by atoms with Crippen molar-refractivity contribution >= 4 is 11.7 Å². The lowest BCUT2D eigenvalue weighted by Gasteiger charge is -2.29. The molecule has 1 aliphatic rings. The molecule has 0 aliphatic carbocycles. The Morgan fingerprint density at radius 2 is 2.20 bits per heavy atom. The first-order valence-electron chi connectivity index (χ1n) is 6.49. The zero-order valence-corrected chi connectivity index (χ0v) is 11.0. The van der Waals surface area contributed by atoms with Crippen molar-refractivity contribution in [1.82, 2.24) is 14.7 Å². The minimum absolute atomic E-state index is 0.00194. The fourth-order valence-corrected chi connectivity index (χ4v) is 2.46. The predicted octanol–water partition coefficient (Wildman–Crippen LogP) is 0.756. The highest BCUT2D eigenvalue weighted by Crippen LogP contribution is 2.23. The fraction of sp³-hybridized carbons (Fsp3) is 0.286. The van der Waals surface area contributed by atoms with E-state index in [0.29, 0.717) is 18.9 Å². The van der Waals surface area contributed by atoms with Gasteiger partial charge in [0.1, 0.15) is 18.1 Å². The van der Waals surface area contributed by atoms with E-state index in [0.717, 1.165) is 12.0 Å². The largest absolute Gasteiger partial charge is 0.508 e. The summed E-state index contributed by atoms with van der Waals surface area (Å²) in [6.45, 7) is 1.40. The van der Waals surface area contributed by atoms with Crippen LogP contribution in [0.25, 0.3) is 0 Å². The highest BCUT2D eigenvalue weighted by Gasteiger charge is 2.21. The van der Waals surface area contributed by atoms with Gasteiger partial charge in [-0.2, -0.15) is 5.10 Å². The number of amides is 1. The second-order valence-corrected chi connectivity index (χ2v) is 4.96. The Morgan fingerprint density at radius 3 is 2.95 bits per heavy atom. The van der Waals surface area contributed by atoms with Gasteiger partial charge in [-0.3, -0.25) is 9.48 Å². The Bertz CT molecular complexity index is 650. The summed E-state index contributed by atoms with van der Waals surface area (Å²) in [5.41, 5.74) is 7.72. The molecule has 1 amide bonds. The Labute approximate surface area is 116 Å². The maximum Gasteiger partial charge on any atom is 0.244 e. The normalized spacial score (nSPS) is 14.1. The molecule has 0 saturated heterocycles. The second-order valence-electron chi connectivity index (χ2n) is 4.96. The first-order valence-corrected chi connectivity index (χ1v) is 6.49. The summed E-state index contributed by atoms with van der Waals surface area (Å²) in [7, 11) is 0. The first-order chi connectivity index (χ1) is 9.61. The van der Waals surface area contributed by atoms with Gasteiger partial charge in [-0.15, -0.1) is 0 Å². The summed E-state index contributed by atoms with van der Waals surface area (Å²) >= 11 is 0. The van der Waals surface area contributed by atoms with Gasteiger partial charge in [0.2, 0.25) is 5.91 Å². The first kappa shape index (κ1) is 12.5. The van der Waals surface area contributed by atoms with Gasteiger partial charge < -0.3 is 15.7 Å². The third kappa shape index (κ3) is 2.45. The molecule has 3 rings (SSSR count). The topological polar surface area (TPSA) is 84.4 Å². The molecule has 0 unspecified atom stereocenters. The molecular formula is C14H16N4O2. The molecule has 20 heavy (non-hydrogen) atoms. The Kier molecular flexibility index (Phi) is 3.06. The number of carbonyl (C=O) groups excluding carboxylic acids is 1. The van der Waals surface area contributed by atoms with Crippen LogP contribution < -0.4 is 5.73 Å². The minimum atomic E-state index is 0.00194. The standard InChI is InChI=1S/C14H16N4O2/c15-13-4-6-18(16-13)9-14(20)17-5-3-10-1-2-12(19)7-11(10)8-17/h1-2,4,6-7,19H,3,5,8-9H2,(H2,15,16). The fourth-order valence-electron chi connectivity index (χ4n) is 2.46. The minimum Gasteiger partial charge on any atom is -0.508 e. The number of fused-ring (bicyclic) bond motifs is 1. The second kappa shape index (κ2) is 4.88. The molecule has 0 saturated carbocycles. The van der Waals surface area contributed by atoms with Gasteiger partial charge in [-0.1, -0.05) is 6.07 Å². The van der Waals surface area contributed by atoms with Crippen LogP contribution in [0.5, 0.6) is 5.75 Å². The number of rotatable bonds is 2. The molecule has 0 spiro atoms. The summed E-state index contributed by atoms with van der Waals surface area (Å²) in [4.78, 5) is 14.0. The molecule has 6 nitrogen and oxygen atoms in total. The summed E-state index contributed by atoms with van der Waals surface area (Å²) in [5, 5.41) is 13.5. The third-order valence-corrected chi connectivity index (χ3v) is 3.51. The quantitative estimate of drug-likeness (QED) is 0.845. The van der Waals surface area contributed by atoms with E-state index in [1.54, 1.807) is 29.3 Å². The van der Waals surface area contributed by atoms with E-state index in [2.05, 4.69) is 5.10 Å². The SMILES string of the molecule is Nc1ccn(CC(=O)N2CCc3ccc(O)cc3C2)n1. The van der Waals surface area contributed by atoms with E-state index in [1.165, 1.54) is 10.2 Å². The van der Waals surface area contributed by atoms with E-state index in [4.69, 9.17) is 5.73 Å². The van der Waals surface area contributed by atoms with Crippen LogP contribution >= 0.6 is 0 Å². The van der Waals surface area contributed by atoms with Gasteiger partial charge in [0.05, 0.1) is 0 Å². The zero-order valence-electron chi connectivity index (χ0n) is 11.0. The monoisotopic (exact) mass is 272 g/mol. The van der Waals surface area contributed by atoms with Crippen molar-refractivity contribution in [2.24, 2.45) is 0 Å². The molecule has 0 atom stereocenters. The number of anilines is 1. The number of hydrogen-bond donors (Lipinski definition) is 2. The molecule has 0 bridgehead atoms. The van der Waals surface area contributed by atoms with Gasteiger partial charge in [-0.25, -0.2) is 0 Å². The van der Waals surface area contributed by atoms with Gasteiger partial charge in [-0.05, 0) is 35.7 Å². The number of aromatic hydroxyl groups is 1. The number of nitrogens with zero attached hydrogens (tertiary/aromatic N) is 3. The molecule has 1 aromatic heterocycles. The van der Waals surface area contributed by atoms with Crippen LogP contribution in [0.1, 0.15) is 11.1 Å². The Hall–Kier alpha value is -2.50. The number of carbonyl (C=O) groups is 1. The van der Waals surface area contributed by atoms with Crippen molar-refractivity contribution in [3.8, 4) is 5.75 Å². The molecule has 0 radical (unpaired) electrons. The van der Waals surface area contributed by atoms with Crippen molar-refractivity contribution in [2.45, 2.75) is 19.5 Å². The summed E-state index contributed by atoms with van der Waals surface area (Å²) < 4.78 is 1.54. The zero-order chi connectivity index (χ0) is 14.1. The van der Waals surface area contributed by atoms with Gasteiger partial charge in [0, 0.05) is 19.3 Å². The van der Waals surface area contributed by atoms with Crippen molar-refractivity contribution in [2.75, 3.05) is 12.3 Å². The van der Waals surface area contributed by atoms with Crippen LogP contribution in [0.15, 0.2) is 30.5 Å². The molecule has 2 heterocycles. The van der Waals surface area contributed by atoms with Gasteiger partial charge >= 0.3 is 0 Å². The molecule has 2 aromatic rings. The summed E-state index contributed by atoms with van der Waals surface area (Å²) in [5.74, 6) is 0.645. The van der Waals surface area contributed by atoms with E-state index in [9.17, 15) is 9.90 Å². The van der Waals surface area contributed by atoms with Crippen molar-refractivity contribution in [3.05, 3.63) is 41.6 Å². The number of phenolic OH excluding ortho intramolecular Hbond substituents is 1. The molecule has 1 aliphatic heterocycles. The van der Waals surface area contributed by atoms with Crippen molar-refractivity contribution in [3.63, 3.8) is 0 Å². The van der Waals surface area contributed by atoms with Gasteiger partial charge in [0.15, 0.2) is 0 Å². The van der Waals surface area contributed by atoms with Crippen molar-refractivity contribution < 1.29 is 9.90 Å². The van der Waals surface area contributed by atoms with Crippen LogP contribution in [-0.2, 0) is 24.3 Å². The molecule has 104 valence electrons. The average Bonchev–Trinajstić information content (AvgIpc) is 2.83. The molecule has 0 fully saturated rings. The molecule has 1 aromatic carbocycles.